The maximum absolute atomic E-state index is 12.6. The summed E-state index contributed by atoms with van der Waals surface area (Å²) in [5.74, 6) is 0. The molecule has 4 rings (SSSR count). The Morgan fingerprint density at radius 2 is 2.04 bits per heavy atom. The molecule has 4 nitrogen and oxygen atoms in total. The first-order valence-electron chi connectivity index (χ1n) is 8.30. The first kappa shape index (κ1) is 16.6. The zero-order valence-electron chi connectivity index (χ0n) is 13.8. The van der Waals surface area contributed by atoms with E-state index in [0.29, 0.717) is 11.4 Å². The minimum Gasteiger partial charge on any atom is -0.358 e. The van der Waals surface area contributed by atoms with Crippen LogP contribution in [0.25, 0.3) is 10.9 Å². The Hall–Kier alpha value is -1.82. The Balaban J connectivity index is 1.62. The maximum atomic E-state index is 12.6. The Bertz CT molecular complexity index is 1060. The fraction of sp³-hybridized carbons (Fsp3) is 0.263. The van der Waals surface area contributed by atoms with E-state index in [1.54, 1.807) is 18.2 Å². The second-order valence-electron chi connectivity index (χ2n) is 6.65. The van der Waals surface area contributed by atoms with Crippen molar-refractivity contribution in [3.05, 3.63) is 64.3 Å². The van der Waals surface area contributed by atoms with E-state index in [0.717, 1.165) is 18.4 Å². The third-order valence-electron chi connectivity index (χ3n) is 4.77. The van der Waals surface area contributed by atoms with Gasteiger partial charge < -0.3 is 4.98 Å². The van der Waals surface area contributed by atoms with Crippen molar-refractivity contribution in [3.63, 3.8) is 0 Å². The molecule has 130 valence electrons. The number of aromatic nitrogens is 1. The Morgan fingerprint density at radius 1 is 1.20 bits per heavy atom. The SMILES string of the molecule is Cc1ccc2[nH]c3c(c2c1)CC(NS(=O)(=O)c1cccc(Cl)c1)CC3. The first-order chi connectivity index (χ1) is 11.9. The Morgan fingerprint density at radius 3 is 2.84 bits per heavy atom. The first-order valence-corrected chi connectivity index (χ1v) is 10.2. The van der Waals surface area contributed by atoms with E-state index in [1.807, 2.05) is 0 Å². The zero-order chi connectivity index (χ0) is 17.6. The van der Waals surface area contributed by atoms with E-state index in [4.69, 9.17) is 11.6 Å². The third kappa shape index (κ3) is 3.19. The van der Waals surface area contributed by atoms with Crippen molar-refractivity contribution in [2.45, 2.75) is 37.1 Å². The van der Waals surface area contributed by atoms with Gasteiger partial charge in [0.2, 0.25) is 10.0 Å². The van der Waals surface area contributed by atoms with Gasteiger partial charge in [0.1, 0.15) is 0 Å². The number of hydrogen-bond acceptors (Lipinski definition) is 2. The highest BCUT2D eigenvalue weighted by Gasteiger charge is 2.26. The third-order valence-corrected chi connectivity index (χ3v) is 6.52. The normalized spacial score (nSPS) is 17.6. The van der Waals surface area contributed by atoms with E-state index in [2.05, 4.69) is 34.8 Å². The van der Waals surface area contributed by atoms with Crippen LogP contribution in [0.4, 0.5) is 0 Å². The van der Waals surface area contributed by atoms with Gasteiger partial charge in [-0.05, 0) is 62.1 Å². The molecule has 0 saturated heterocycles. The van der Waals surface area contributed by atoms with E-state index >= 15 is 0 Å². The number of fused-ring (bicyclic) bond motifs is 3. The van der Waals surface area contributed by atoms with Gasteiger partial charge in [-0.1, -0.05) is 29.3 Å². The summed E-state index contributed by atoms with van der Waals surface area (Å²) in [7, 11) is -3.57. The van der Waals surface area contributed by atoms with E-state index in [1.165, 1.54) is 28.3 Å². The van der Waals surface area contributed by atoms with Gasteiger partial charge >= 0.3 is 0 Å². The average Bonchev–Trinajstić information content (AvgIpc) is 2.92. The molecule has 1 unspecified atom stereocenters. The molecule has 25 heavy (non-hydrogen) atoms. The lowest BCUT2D eigenvalue weighted by Crippen LogP contribution is -2.38. The van der Waals surface area contributed by atoms with E-state index in [-0.39, 0.29) is 10.9 Å². The van der Waals surface area contributed by atoms with Crippen LogP contribution in [-0.4, -0.2) is 19.4 Å². The van der Waals surface area contributed by atoms with Crippen molar-refractivity contribution in [2.24, 2.45) is 0 Å². The molecule has 3 aromatic rings. The van der Waals surface area contributed by atoms with Crippen LogP contribution in [-0.2, 0) is 22.9 Å². The summed E-state index contributed by atoms with van der Waals surface area (Å²) < 4.78 is 28.1. The number of halogens is 1. The molecule has 2 aromatic carbocycles. The summed E-state index contributed by atoms with van der Waals surface area (Å²) in [6, 6.07) is 12.6. The van der Waals surface area contributed by atoms with Crippen LogP contribution in [0, 0.1) is 6.92 Å². The standard InChI is InChI=1S/C19H19ClN2O2S/c1-12-5-7-18-16(9-12)17-11-14(6-8-19(17)21-18)22-25(23,24)15-4-2-3-13(20)10-15/h2-5,7,9-10,14,21-22H,6,8,11H2,1H3. The molecule has 1 heterocycles. The summed E-state index contributed by atoms with van der Waals surface area (Å²) >= 11 is 5.93. The van der Waals surface area contributed by atoms with Crippen LogP contribution in [0.15, 0.2) is 47.4 Å². The molecule has 1 aliphatic carbocycles. The van der Waals surface area contributed by atoms with Crippen molar-refractivity contribution in [3.8, 4) is 0 Å². The minimum atomic E-state index is -3.57. The van der Waals surface area contributed by atoms with E-state index in [9.17, 15) is 8.42 Å². The average molecular weight is 375 g/mol. The summed E-state index contributed by atoms with van der Waals surface area (Å²) in [5.41, 5.74) is 4.77. The summed E-state index contributed by atoms with van der Waals surface area (Å²) in [6.45, 7) is 2.07. The lowest BCUT2D eigenvalue weighted by atomic mass is 9.92. The number of H-pyrrole nitrogens is 1. The molecule has 6 heteroatoms. The second kappa shape index (κ2) is 6.16. The summed E-state index contributed by atoms with van der Waals surface area (Å²) in [4.78, 5) is 3.68. The molecule has 1 aliphatic rings. The lowest BCUT2D eigenvalue weighted by Gasteiger charge is -2.23. The largest absolute Gasteiger partial charge is 0.358 e. The molecule has 2 N–H and O–H groups in total. The van der Waals surface area contributed by atoms with Crippen LogP contribution < -0.4 is 4.72 Å². The number of hydrogen-bond donors (Lipinski definition) is 2. The van der Waals surface area contributed by atoms with Gasteiger partial charge in [-0.3, -0.25) is 0 Å². The van der Waals surface area contributed by atoms with Crippen LogP contribution in [0.1, 0.15) is 23.2 Å². The van der Waals surface area contributed by atoms with Gasteiger partial charge in [0, 0.05) is 27.7 Å². The van der Waals surface area contributed by atoms with Gasteiger partial charge in [0.15, 0.2) is 0 Å². The molecule has 0 radical (unpaired) electrons. The highest BCUT2D eigenvalue weighted by atomic mass is 35.5. The number of sulfonamides is 1. The van der Waals surface area contributed by atoms with Crippen LogP contribution >= 0.6 is 11.6 Å². The Kier molecular flexibility index (Phi) is 4.10. The summed E-state index contributed by atoms with van der Waals surface area (Å²) in [6.07, 6.45) is 2.31. The molecule has 0 spiro atoms. The van der Waals surface area contributed by atoms with Gasteiger partial charge in [-0.2, -0.15) is 0 Å². The van der Waals surface area contributed by atoms with Crippen molar-refractivity contribution in [1.29, 1.82) is 0 Å². The fourth-order valence-corrected chi connectivity index (χ4v) is 5.12. The van der Waals surface area contributed by atoms with Gasteiger partial charge in [-0.25, -0.2) is 13.1 Å². The predicted molar refractivity (Wildman–Crippen MR) is 101 cm³/mol. The number of nitrogens with one attached hydrogen (secondary N) is 2. The topological polar surface area (TPSA) is 62.0 Å². The van der Waals surface area contributed by atoms with Crippen LogP contribution in [0.5, 0.6) is 0 Å². The smallest absolute Gasteiger partial charge is 0.240 e. The van der Waals surface area contributed by atoms with Crippen LogP contribution in [0.3, 0.4) is 0 Å². The quantitative estimate of drug-likeness (QED) is 0.728. The van der Waals surface area contributed by atoms with Gasteiger partial charge in [0.05, 0.1) is 4.90 Å². The lowest BCUT2D eigenvalue weighted by molar-refractivity contribution is 0.506. The van der Waals surface area contributed by atoms with Gasteiger partial charge in [-0.15, -0.1) is 0 Å². The van der Waals surface area contributed by atoms with Crippen molar-refractivity contribution < 1.29 is 8.42 Å². The van der Waals surface area contributed by atoms with Crippen molar-refractivity contribution >= 4 is 32.5 Å². The second-order valence-corrected chi connectivity index (χ2v) is 8.80. The molecule has 0 fully saturated rings. The minimum absolute atomic E-state index is 0.115. The fourth-order valence-electron chi connectivity index (χ4n) is 3.55. The number of rotatable bonds is 3. The summed E-state index contributed by atoms with van der Waals surface area (Å²) in [5, 5.41) is 1.61. The maximum Gasteiger partial charge on any atom is 0.240 e. The van der Waals surface area contributed by atoms with Crippen LogP contribution in [0.2, 0.25) is 5.02 Å². The van der Waals surface area contributed by atoms with Gasteiger partial charge in [0.25, 0.3) is 0 Å². The molecule has 1 atom stereocenters. The van der Waals surface area contributed by atoms with Crippen molar-refractivity contribution in [2.75, 3.05) is 0 Å². The molecule has 0 amide bonds. The number of aryl methyl sites for hydroxylation is 2. The molecule has 0 aliphatic heterocycles. The zero-order valence-corrected chi connectivity index (χ0v) is 15.4. The Labute approximate surface area is 152 Å². The predicted octanol–water partition coefficient (Wildman–Crippen LogP) is 3.97. The van der Waals surface area contributed by atoms with E-state index < -0.39 is 10.0 Å². The molecular formula is C19H19ClN2O2S. The molecule has 1 aromatic heterocycles. The van der Waals surface area contributed by atoms with Crippen molar-refractivity contribution in [1.82, 2.24) is 9.71 Å². The highest BCUT2D eigenvalue weighted by molar-refractivity contribution is 7.89. The molecule has 0 saturated carbocycles. The molecule has 0 bridgehead atoms. The number of benzene rings is 2. The number of aromatic amines is 1. The highest BCUT2D eigenvalue weighted by Crippen LogP contribution is 2.30. The molecular weight excluding hydrogens is 356 g/mol. The monoisotopic (exact) mass is 374 g/mol.